The van der Waals surface area contributed by atoms with Crippen LogP contribution in [0.25, 0.3) is 0 Å². The predicted molar refractivity (Wildman–Crippen MR) is 167 cm³/mol. The van der Waals surface area contributed by atoms with Gasteiger partial charge in [-0.25, -0.2) is 0 Å². The number of hydrogen-bond acceptors (Lipinski definition) is 5. The van der Waals surface area contributed by atoms with E-state index in [0.29, 0.717) is 22.3 Å². The minimum absolute atomic E-state index is 0.0765. The van der Waals surface area contributed by atoms with Crippen LogP contribution >= 0.6 is 0 Å². The van der Waals surface area contributed by atoms with Crippen LogP contribution in [0, 0.1) is 0 Å². The second-order valence-electron chi connectivity index (χ2n) is 15.6. The number of rotatable bonds is 4. The molecule has 5 nitrogen and oxygen atoms in total. The lowest BCUT2D eigenvalue weighted by atomic mass is 9.77. The van der Waals surface area contributed by atoms with Gasteiger partial charge in [-0.2, -0.15) is 0 Å². The summed E-state index contributed by atoms with van der Waals surface area (Å²) in [5, 5.41) is 56.2. The van der Waals surface area contributed by atoms with Gasteiger partial charge < -0.3 is 25.5 Å². The minimum atomic E-state index is -1.11. The van der Waals surface area contributed by atoms with Crippen molar-refractivity contribution in [3.8, 4) is 17.2 Å². The zero-order valence-electron chi connectivity index (χ0n) is 26.9. The fraction of sp³-hybridized carbons (Fsp3) is 0.500. The third kappa shape index (κ3) is 6.90. The molecule has 3 aromatic carbocycles. The van der Waals surface area contributed by atoms with Crippen molar-refractivity contribution >= 4 is 0 Å². The van der Waals surface area contributed by atoms with Crippen molar-refractivity contribution in [2.75, 3.05) is 0 Å². The highest BCUT2D eigenvalue weighted by atomic mass is 16.3. The first-order chi connectivity index (χ1) is 18.4. The molecular weight excluding hydrogens is 512 g/mol. The number of aromatic hydroxyl groups is 3. The van der Waals surface area contributed by atoms with E-state index >= 15 is 0 Å². The quantitative estimate of drug-likeness (QED) is 0.221. The van der Waals surface area contributed by atoms with Crippen molar-refractivity contribution in [1.82, 2.24) is 0 Å². The molecule has 0 aliphatic carbocycles. The van der Waals surface area contributed by atoms with Gasteiger partial charge in [-0.3, -0.25) is 0 Å². The largest absolute Gasteiger partial charge is 0.508 e. The maximum Gasteiger partial charge on any atom is 0.123 e. The third-order valence-corrected chi connectivity index (χ3v) is 7.72. The number of phenols is 3. The Balaban J connectivity index is 2.19. The molecule has 0 aliphatic heterocycles. The summed E-state index contributed by atoms with van der Waals surface area (Å²) in [6.07, 6.45) is -2.21. The highest BCUT2D eigenvalue weighted by Crippen LogP contribution is 2.44. The molecule has 224 valence electrons. The Morgan fingerprint density at radius 2 is 0.610 bits per heavy atom. The second kappa shape index (κ2) is 10.7. The lowest BCUT2D eigenvalue weighted by molar-refractivity contribution is 0.212. The van der Waals surface area contributed by atoms with Gasteiger partial charge in [0.25, 0.3) is 0 Å². The van der Waals surface area contributed by atoms with E-state index in [-0.39, 0.29) is 38.9 Å². The average Bonchev–Trinajstić information content (AvgIpc) is 2.80. The standard InChI is InChI=1S/C36H50O5/c1-33(2,3)25-16-22(17-26(31(25)40)34(4,5)6)29(38)20-13-21(15-24(37)14-20)30(39)23-18-27(35(7,8)9)32(41)28(19-23)36(10,11)12/h13-19,29-30,37-41H,1-12H3. The molecule has 0 bridgehead atoms. The average molecular weight is 563 g/mol. The van der Waals surface area contributed by atoms with Crippen LogP contribution < -0.4 is 0 Å². The van der Waals surface area contributed by atoms with Crippen LogP contribution in [0.15, 0.2) is 42.5 Å². The maximum absolute atomic E-state index is 11.6. The molecule has 0 aliphatic rings. The Bertz CT molecular complexity index is 1250. The summed E-state index contributed by atoms with van der Waals surface area (Å²) in [5.41, 5.74) is 3.50. The molecule has 41 heavy (non-hydrogen) atoms. The van der Waals surface area contributed by atoms with Gasteiger partial charge in [-0.05, 0) is 109 Å². The molecule has 2 unspecified atom stereocenters. The Kier molecular flexibility index (Phi) is 8.46. The normalized spacial score (nSPS) is 14.7. The summed E-state index contributed by atoms with van der Waals surface area (Å²) in [5.74, 6) is 0.376. The first kappa shape index (κ1) is 32.5. The van der Waals surface area contributed by atoms with Gasteiger partial charge in [0.2, 0.25) is 0 Å². The molecule has 3 aromatic rings. The van der Waals surface area contributed by atoms with Crippen LogP contribution in [-0.2, 0) is 21.7 Å². The molecular formula is C36H50O5. The Morgan fingerprint density at radius 3 is 0.829 bits per heavy atom. The Labute approximate surface area is 246 Å². The number of phenolic OH excluding ortho intramolecular Hbond substituents is 3. The van der Waals surface area contributed by atoms with Crippen LogP contribution in [0.4, 0.5) is 0 Å². The molecule has 0 spiro atoms. The maximum atomic E-state index is 11.6. The SMILES string of the molecule is CC(C)(C)c1cc(C(O)c2cc(O)cc(C(O)c3cc(C(C)(C)C)c(O)c(C(C)(C)C)c3)c2)cc(C(C)(C)C)c1O. The van der Waals surface area contributed by atoms with E-state index in [1.54, 1.807) is 6.07 Å². The number of benzene rings is 3. The van der Waals surface area contributed by atoms with Gasteiger partial charge in [0.1, 0.15) is 29.5 Å². The molecule has 3 rings (SSSR count). The predicted octanol–water partition coefficient (Wildman–Crippen LogP) is 8.16. The van der Waals surface area contributed by atoms with Gasteiger partial charge in [-0.1, -0.05) is 83.1 Å². The van der Waals surface area contributed by atoms with Crippen molar-refractivity contribution in [1.29, 1.82) is 0 Å². The topological polar surface area (TPSA) is 101 Å². The molecule has 0 saturated carbocycles. The van der Waals surface area contributed by atoms with E-state index in [4.69, 9.17) is 0 Å². The summed E-state index contributed by atoms with van der Waals surface area (Å²) < 4.78 is 0. The molecule has 5 heteroatoms. The van der Waals surface area contributed by atoms with Crippen molar-refractivity contribution in [2.24, 2.45) is 0 Å². The zero-order chi connectivity index (χ0) is 31.5. The van der Waals surface area contributed by atoms with Gasteiger partial charge >= 0.3 is 0 Å². The number of aliphatic hydroxyl groups excluding tert-OH is 2. The molecule has 2 atom stereocenters. The third-order valence-electron chi connectivity index (χ3n) is 7.72. The van der Waals surface area contributed by atoms with E-state index in [2.05, 4.69) is 0 Å². The van der Waals surface area contributed by atoms with Gasteiger partial charge in [0.15, 0.2) is 0 Å². The molecule has 0 fully saturated rings. The molecule has 0 heterocycles. The van der Waals surface area contributed by atoms with Gasteiger partial charge in [0.05, 0.1) is 0 Å². The zero-order valence-corrected chi connectivity index (χ0v) is 26.9. The monoisotopic (exact) mass is 562 g/mol. The second-order valence-corrected chi connectivity index (χ2v) is 15.6. The van der Waals surface area contributed by atoms with Crippen LogP contribution in [0.5, 0.6) is 17.2 Å². The molecule has 0 amide bonds. The lowest BCUT2D eigenvalue weighted by Crippen LogP contribution is -2.19. The van der Waals surface area contributed by atoms with Crippen molar-refractivity contribution < 1.29 is 25.5 Å². The Hall–Kier alpha value is -3.02. The molecule has 0 radical (unpaired) electrons. The Morgan fingerprint density at radius 1 is 0.390 bits per heavy atom. The lowest BCUT2D eigenvalue weighted by Gasteiger charge is -2.29. The van der Waals surface area contributed by atoms with E-state index in [0.717, 1.165) is 22.3 Å². The molecule has 5 N–H and O–H groups in total. The first-order valence-corrected chi connectivity index (χ1v) is 14.4. The van der Waals surface area contributed by atoms with Gasteiger partial charge in [0, 0.05) is 0 Å². The summed E-state index contributed by atoms with van der Waals surface area (Å²) in [6, 6.07) is 12.0. The van der Waals surface area contributed by atoms with Crippen LogP contribution in [0.2, 0.25) is 0 Å². The van der Waals surface area contributed by atoms with Crippen LogP contribution in [0.1, 0.15) is 140 Å². The fourth-order valence-corrected chi connectivity index (χ4v) is 5.28. The van der Waals surface area contributed by atoms with Gasteiger partial charge in [-0.15, -0.1) is 0 Å². The van der Waals surface area contributed by atoms with Crippen molar-refractivity contribution in [3.05, 3.63) is 87.0 Å². The summed E-state index contributed by atoms with van der Waals surface area (Å²) in [7, 11) is 0. The summed E-state index contributed by atoms with van der Waals surface area (Å²) in [4.78, 5) is 0. The number of aliphatic hydroxyl groups is 2. The minimum Gasteiger partial charge on any atom is -0.508 e. The first-order valence-electron chi connectivity index (χ1n) is 14.4. The highest BCUT2D eigenvalue weighted by Gasteiger charge is 2.30. The molecule has 0 aromatic heterocycles. The summed E-state index contributed by atoms with van der Waals surface area (Å²) in [6.45, 7) is 24.2. The van der Waals surface area contributed by atoms with E-state index in [1.165, 1.54) is 12.1 Å². The van der Waals surface area contributed by atoms with Crippen LogP contribution in [-0.4, -0.2) is 25.5 Å². The molecule has 0 saturated heterocycles. The van der Waals surface area contributed by atoms with E-state index < -0.39 is 12.2 Å². The highest BCUT2D eigenvalue weighted by molar-refractivity contribution is 5.54. The van der Waals surface area contributed by atoms with E-state index in [9.17, 15) is 25.5 Å². The van der Waals surface area contributed by atoms with Crippen molar-refractivity contribution in [3.63, 3.8) is 0 Å². The van der Waals surface area contributed by atoms with Crippen LogP contribution in [0.3, 0.4) is 0 Å². The number of hydrogen-bond donors (Lipinski definition) is 5. The fourth-order valence-electron chi connectivity index (χ4n) is 5.28. The summed E-state index contributed by atoms with van der Waals surface area (Å²) >= 11 is 0. The van der Waals surface area contributed by atoms with E-state index in [1.807, 2.05) is 107 Å². The van der Waals surface area contributed by atoms with Crippen molar-refractivity contribution in [2.45, 2.75) is 117 Å². The smallest absolute Gasteiger partial charge is 0.123 e.